The fraction of sp³-hybridized carbons (Fsp3) is 0. The molecule has 0 atom stereocenters. The molecule has 7 aromatic rings. The van der Waals surface area contributed by atoms with Crippen molar-refractivity contribution in [2.45, 2.75) is 0 Å². The van der Waals surface area contributed by atoms with E-state index in [9.17, 15) is 0 Å². The second kappa shape index (κ2) is 10.1. The largest absolute Gasteiger partial charge is 0.416 e. The molecule has 6 aromatic heterocycles. The molecule has 0 amide bonds. The van der Waals surface area contributed by atoms with Gasteiger partial charge in [-0.25, -0.2) is 0 Å². The lowest BCUT2D eigenvalue weighted by atomic mass is 10.1. The summed E-state index contributed by atoms with van der Waals surface area (Å²) in [6, 6.07) is 26.4. The zero-order chi connectivity index (χ0) is 26.7. The van der Waals surface area contributed by atoms with Gasteiger partial charge in [0.05, 0.1) is 33.9 Å². The SMILES string of the molecule is c1ccc(-c2ccc(-c3nnc(-c4cccc(-c5nnc(-c6ccc(-c7ccccn7)nc6)o5)c4)o3)cn2)nc1. The summed E-state index contributed by atoms with van der Waals surface area (Å²) in [5.74, 6) is 1.45. The summed E-state index contributed by atoms with van der Waals surface area (Å²) in [4.78, 5) is 17.6. The molecule has 0 radical (unpaired) electrons. The van der Waals surface area contributed by atoms with Gasteiger partial charge in [0, 0.05) is 35.9 Å². The van der Waals surface area contributed by atoms with Crippen molar-refractivity contribution in [1.29, 1.82) is 0 Å². The molecule has 10 nitrogen and oxygen atoms in total. The molecule has 0 spiro atoms. The molecule has 0 aliphatic heterocycles. The predicted molar refractivity (Wildman–Crippen MR) is 146 cm³/mol. The van der Waals surface area contributed by atoms with Crippen LogP contribution in [-0.2, 0) is 0 Å². The normalized spacial score (nSPS) is 11.0. The maximum absolute atomic E-state index is 5.96. The second-order valence-corrected chi connectivity index (χ2v) is 8.70. The highest BCUT2D eigenvalue weighted by molar-refractivity contribution is 5.67. The quantitative estimate of drug-likeness (QED) is 0.255. The summed E-state index contributed by atoms with van der Waals surface area (Å²) in [7, 11) is 0. The molecule has 0 N–H and O–H groups in total. The van der Waals surface area contributed by atoms with Crippen molar-refractivity contribution < 1.29 is 8.83 Å². The lowest BCUT2D eigenvalue weighted by molar-refractivity contribution is 0.582. The molecule has 0 saturated carbocycles. The van der Waals surface area contributed by atoms with Crippen molar-refractivity contribution in [3.8, 4) is 68.6 Å². The smallest absolute Gasteiger partial charge is 0.249 e. The van der Waals surface area contributed by atoms with Gasteiger partial charge in [0.25, 0.3) is 0 Å². The van der Waals surface area contributed by atoms with Crippen molar-refractivity contribution in [2.75, 3.05) is 0 Å². The number of benzene rings is 1. The Kier molecular flexibility index (Phi) is 5.87. The van der Waals surface area contributed by atoms with Gasteiger partial charge in [-0.15, -0.1) is 20.4 Å². The van der Waals surface area contributed by atoms with E-state index < -0.39 is 0 Å². The minimum Gasteiger partial charge on any atom is -0.416 e. The zero-order valence-corrected chi connectivity index (χ0v) is 20.8. The summed E-state index contributed by atoms with van der Waals surface area (Å²) in [6.45, 7) is 0. The van der Waals surface area contributed by atoms with Gasteiger partial charge in [-0.3, -0.25) is 19.9 Å². The third-order valence-electron chi connectivity index (χ3n) is 6.08. The molecule has 1 aromatic carbocycles. The Balaban J connectivity index is 1.10. The lowest BCUT2D eigenvalue weighted by Crippen LogP contribution is -1.87. The first-order valence-corrected chi connectivity index (χ1v) is 12.3. The summed E-state index contributed by atoms with van der Waals surface area (Å²) in [6.07, 6.45) is 6.85. The molecule has 7 rings (SSSR count). The van der Waals surface area contributed by atoms with Crippen molar-refractivity contribution in [3.63, 3.8) is 0 Å². The van der Waals surface area contributed by atoms with Crippen LogP contribution in [0.3, 0.4) is 0 Å². The Bertz CT molecular complexity index is 1750. The fourth-order valence-corrected chi connectivity index (χ4v) is 4.07. The number of aromatic nitrogens is 8. The Morgan fingerprint density at radius 1 is 0.375 bits per heavy atom. The molecule has 10 heteroatoms. The van der Waals surface area contributed by atoms with Crippen LogP contribution in [0.25, 0.3) is 68.6 Å². The topological polar surface area (TPSA) is 129 Å². The minimum atomic E-state index is 0.361. The van der Waals surface area contributed by atoms with E-state index in [1.54, 1.807) is 24.8 Å². The van der Waals surface area contributed by atoms with E-state index >= 15 is 0 Å². The second-order valence-electron chi connectivity index (χ2n) is 8.70. The van der Waals surface area contributed by atoms with Crippen LogP contribution in [0.1, 0.15) is 0 Å². The summed E-state index contributed by atoms with van der Waals surface area (Å²) in [5.41, 5.74) is 5.95. The Hall–Kier alpha value is -5.90. The van der Waals surface area contributed by atoms with Crippen molar-refractivity contribution in [1.82, 2.24) is 40.3 Å². The van der Waals surface area contributed by atoms with Gasteiger partial charge in [0.15, 0.2) is 0 Å². The highest BCUT2D eigenvalue weighted by atomic mass is 16.4. The standard InChI is InChI=1S/C30H18N8O2/c1-3-14-31-23(8-1)25-12-10-21(17-33-25)29-37-35-27(39-29)19-6-5-7-20(16-19)28-36-38-30(40-28)22-11-13-26(34-18-22)24-9-2-4-15-32-24/h1-18H. The van der Waals surface area contributed by atoms with Crippen LogP contribution in [0.2, 0.25) is 0 Å². The monoisotopic (exact) mass is 522 g/mol. The predicted octanol–water partition coefficient (Wildman–Crippen LogP) is 6.03. The van der Waals surface area contributed by atoms with Crippen molar-refractivity contribution in [3.05, 3.63) is 110 Å². The molecule has 0 unspecified atom stereocenters. The Labute approximate surface area is 227 Å². The number of nitrogens with zero attached hydrogens (tertiary/aromatic N) is 8. The highest BCUT2D eigenvalue weighted by Crippen LogP contribution is 2.29. The molecule has 190 valence electrons. The van der Waals surface area contributed by atoms with Crippen molar-refractivity contribution >= 4 is 0 Å². The molecule has 40 heavy (non-hydrogen) atoms. The number of hydrogen-bond acceptors (Lipinski definition) is 10. The van der Waals surface area contributed by atoms with Gasteiger partial charge < -0.3 is 8.83 Å². The maximum Gasteiger partial charge on any atom is 0.249 e. The molecule has 6 heterocycles. The first kappa shape index (κ1) is 23.2. The van der Waals surface area contributed by atoms with Crippen LogP contribution in [0, 0.1) is 0 Å². The van der Waals surface area contributed by atoms with E-state index in [2.05, 4.69) is 40.3 Å². The highest BCUT2D eigenvalue weighted by Gasteiger charge is 2.15. The molecular formula is C30H18N8O2. The van der Waals surface area contributed by atoms with Crippen LogP contribution in [0.15, 0.2) is 119 Å². The van der Waals surface area contributed by atoms with Gasteiger partial charge in [-0.1, -0.05) is 18.2 Å². The van der Waals surface area contributed by atoms with Crippen LogP contribution in [0.5, 0.6) is 0 Å². The fourth-order valence-electron chi connectivity index (χ4n) is 4.07. The Morgan fingerprint density at radius 3 is 1.23 bits per heavy atom. The van der Waals surface area contributed by atoms with E-state index in [1.165, 1.54) is 0 Å². The van der Waals surface area contributed by atoms with Crippen molar-refractivity contribution in [2.24, 2.45) is 0 Å². The van der Waals surface area contributed by atoms with Gasteiger partial charge >= 0.3 is 0 Å². The number of pyridine rings is 4. The van der Waals surface area contributed by atoms with E-state index in [-0.39, 0.29) is 0 Å². The molecule has 0 saturated heterocycles. The van der Waals surface area contributed by atoms with Crippen LogP contribution in [0.4, 0.5) is 0 Å². The molecule has 0 fully saturated rings. The third-order valence-corrected chi connectivity index (χ3v) is 6.08. The lowest BCUT2D eigenvalue weighted by Gasteiger charge is -2.01. The van der Waals surface area contributed by atoms with E-state index in [0.717, 1.165) is 33.9 Å². The number of rotatable bonds is 6. The molecule has 0 aliphatic rings. The van der Waals surface area contributed by atoms with Gasteiger partial charge in [-0.2, -0.15) is 0 Å². The first-order valence-electron chi connectivity index (χ1n) is 12.3. The third kappa shape index (κ3) is 4.61. The summed E-state index contributed by atoms with van der Waals surface area (Å²) in [5, 5.41) is 16.9. The van der Waals surface area contributed by atoms with Crippen LogP contribution < -0.4 is 0 Å². The minimum absolute atomic E-state index is 0.361. The van der Waals surface area contributed by atoms with Gasteiger partial charge in [-0.05, 0) is 66.7 Å². The summed E-state index contributed by atoms with van der Waals surface area (Å²) < 4.78 is 11.9. The number of hydrogen-bond donors (Lipinski definition) is 0. The average molecular weight is 523 g/mol. The molecule has 0 aliphatic carbocycles. The Morgan fingerprint density at radius 2 is 0.825 bits per heavy atom. The van der Waals surface area contributed by atoms with Crippen LogP contribution in [-0.4, -0.2) is 40.3 Å². The van der Waals surface area contributed by atoms with E-state index in [4.69, 9.17) is 8.83 Å². The molecular weight excluding hydrogens is 504 g/mol. The average Bonchev–Trinajstić information content (AvgIpc) is 3.74. The van der Waals surface area contributed by atoms with E-state index in [1.807, 2.05) is 84.9 Å². The van der Waals surface area contributed by atoms with Gasteiger partial charge in [0.1, 0.15) is 0 Å². The zero-order valence-electron chi connectivity index (χ0n) is 20.8. The van der Waals surface area contributed by atoms with Gasteiger partial charge in [0.2, 0.25) is 23.6 Å². The van der Waals surface area contributed by atoms with E-state index in [0.29, 0.717) is 34.7 Å². The first-order chi connectivity index (χ1) is 19.8. The maximum atomic E-state index is 5.96. The molecule has 0 bridgehead atoms. The van der Waals surface area contributed by atoms with Crippen LogP contribution >= 0.6 is 0 Å². The summed E-state index contributed by atoms with van der Waals surface area (Å²) >= 11 is 0.